The summed E-state index contributed by atoms with van der Waals surface area (Å²) in [5, 5.41) is 4.91. The Bertz CT molecular complexity index is 483. The van der Waals surface area contributed by atoms with Gasteiger partial charge in [0.15, 0.2) is 5.58 Å². The van der Waals surface area contributed by atoms with E-state index in [0.29, 0.717) is 0 Å². The van der Waals surface area contributed by atoms with Crippen LogP contribution in [0.3, 0.4) is 0 Å². The number of nitrogens with zero attached hydrogens (tertiary/aromatic N) is 1. The predicted octanol–water partition coefficient (Wildman–Crippen LogP) is 2.56. The van der Waals surface area contributed by atoms with Crippen molar-refractivity contribution in [3.63, 3.8) is 0 Å². The lowest BCUT2D eigenvalue weighted by molar-refractivity contribution is 0.455. The van der Waals surface area contributed by atoms with Gasteiger partial charge in [-0.15, -0.1) is 0 Å². The number of hydrogen-bond donors (Lipinski definition) is 1. The number of rotatable bonds is 1. The molecule has 0 aliphatic heterocycles. The maximum Gasteiger partial charge on any atom is 0.167 e. The topological polar surface area (TPSA) is 52.0 Å². The van der Waals surface area contributed by atoms with Crippen molar-refractivity contribution in [3.05, 3.63) is 30.0 Å². The van der Waals surface area contributed by atoms with Crippen molar-refractivity contribution in [2.75, 3.05) is 0 Å². The fourth-order valence-corrected chi connectivity index (χ4v) is 2.60. The van der Waals surface area contributed by atoms with Crippen LogP contribution in [0.25, 0.3) is 11.0 Å². The number of hydrogen-bond acceptors (Lipinski definition) is 3. The fraction of sp³-hybridized carbons (Fsp3) is 0.417. The van der Waals surface area contributed by atoms with Crippen molar-refractivity contribution in [2.45, 2.75) is 31.2 Å². The van der Waals surface area contributed by atoms with Crippen LogP contribution >= 0.6 is 0 Å². The first kappa shape index (κ1) is 8.92. The molecule has 1 heterocycles. The smallest absolute Gasteiger partial charge is 0.167 e. The molecule has 0 saturated heterocycles. The van der Waals surface area contributed by atoms with E-state index < -0.39 is 0 Å². The van der Waals surface area contributed by atoms with Gasteiger partial charge in [0, 0.05) is 10.9 Å². The molecule has 1 aromatic heterocycles. The monoisotopic (exact) mass is 202 g/mol. The van der Waals surface area contributed by atoms with Crippen LogP contribution in [-0.4, -0.2) is 5.16 Å². The van der Waals surface area contributed by atoms with Gasteiger partial charge < -0.3 is 10.3 Å². The zero-order chi connectivity index (χ0) is 10.3. The van der Waals surface area contributed by atoms with E-state index in [0.717, 1.165) is 23.8 Å². The van der Waals surface area contributed by atoms with Crippen LogP contribution in [0.4, 0.5) is 0 Å². The summed E-state index contributed by atoms with van der Waals surface area (Å²) in [6.45, 7) is 0. The average Bonchev–Trinajstić information content (AvgIpc) is 2.85. The number of fused-ring (bicyclic) bond motifs is 1. The molecule has 15 heavy (non-hydrogen) atoms. The van der Waals surface area contributed by atoms with Gasteiger partial charge in [-0.05, 0) is 24.5 Å². The zero-order valence-electron chi connectivity index (χ0n) is 8.57. The highest BCUT2D eigenvalue weighted by atomic mass is 16.5. The average molecular weight is 202 g/mol. The van der Waals surface area contributed by atoms with Crippen LogP contribution in [0.15, 0.2) is 28.9 Å². The second-order valence-corrected chi connectivity index (χ2v) is 4.41. The summed E-state index contributed by atoms with van der Waals surface area (Å²) in [6, 6.07) is 6.03. The lowest BCUT2D eigenvalue weighted by Crippen LogP contribution is -2.33. The largest absolute Gasteiger partial charge is 0.356 e. The molecule has 0 atom stereocenters. The van der Waals surface area contributed by atoms with E-state index in [-0.39, 0.29) is 5.54 Å². The van der Waals surface area contributed by atoms with Crippen molar-refractivity contribution in [2.24, 2.45) is 5.73 Å². The molecule has 3 heteroatoms. The van der Waals surface area contributed by atoms with Gasteiger partial charge in [-0.25, -0.2) is 0 Å². The molecule has 2 aromatic rings. The lowest BCUT2D eigenvalue weighted by Gasteiger charge is -2.24. The Hall–Kier alpha value is -1.35. The highest BCUT2D eigenvalue weighted by molar-refractivity contribution is 5.81. The van der Waals surface area contributed by atoms with E-state index in [1.165, 1.54) is 18.4 Å². The number of nitrogens with two attached hydrogens (primary N) is 1. The third-order valence-corrected chi connectivity index (χ3v) is 3.43. The molecule has 1 aliphatic rings. The predicted molar refractivity (Wildman–Crippen MR) is 58.3 cm³/mol. The maximum atomic E-state index is 6.44. The van der Waals surface area contributed by atoms with Crippen LogP contribution in [-0.2, 0) is 5.54 Å². The summed E-state index contributed by atoms with van der Waals surface area (Å²) in [4.78, 5) is 0. The quantitative estimate of drug-likeness (QED) is 0.773. The summed E-state index contributed by atoms with van der Waals surface area (Å²) in [6.07, 6.45) is 6.35. The molecule has 0 radical (unpaired) electrons. The molecular formula is C12H14N2O. The standard InChI is InChI=1S/C12H14N2O/c13-12(6-1-2-7-12)10-4-3-5-11-9(10)8-14-15-11/h3-5,8H,1-2,6-7,13H2. The van der Waals surface area contributed by atoms with Gasteiger partial charge in [0.2, 0.25) is 0 Å². The van der Waals surface area contributed by atoms with Gasteiger partial charge in [-0.3, -0.25) is 0 Å². The Morgan fingerprint density at radius 3 is 2.87 bits per heavy atom. The molecule has 1 aliphatic carbocycles. The molecule has 0 bridgehead atoms. The van der Waals surface area contributed by atoms with Gasteiger partial charge in [-0.2, -0.15) is 0 Å². The fourth-order valence-electron chi connectivity index (χ4n) is 2.60. The normalized spacial score (nSPS) is 19.8. The van der Waals surface area contributed by atoms with Gasteiger partial charge in [0.05, 0.1) is 6.20 Å². The van der Waals surface area contributed by atoms with Crippen LogP contribution in [0.2, 0.25) is 0 Å². The van der Waals surface area contributed by atoms with Crippen LogP contribution < -0.4 is 5.73 Å². The van der Waals surface area contributed by atoms with Gasteiger partial charge in [0.1, 0.15) is 0 Å². The van der Waals surface area contributed by atoms with Crippen LogP contribution in [0.5, 0.6) is 0 Å². The first-order chi connectivity index (χ1) is 7.30. The summed E-state index contributed by atoms with van der Waals surface area (Å²) >= 11 is 0. The summed E-state index contributed by atoms with van der Waals surface area (Å²) in [5.41, 5.74) is 8.31. The van der Waals surface area contributed by atoms with Crippen molar-refractivity contribution in [1.29, 1.82) is 0 Å². The molecule has 1 aromatic carbocycles. The molecule has 0 amide bonds. The van der Waals surface area contributed by atoms with E-state index in [1.54, 1.807) is 6.20 Å². The Labute approximate surface area is 88.2 Å². The second kappa shape index (κ2) is 3.07. The Balaban J connectivity index is 2.21. The number of aromatic nitrogens is 1. The van der Waals surface area contributed by atoms with Gasteiger partial charge in [-0.1, -0.05) is 30.1 Å². The molecule has 3 nitrogen and oxygen atoms in total. The Kier molecular flexibility index (Phi) is 1.83. The van der Waals surface area contributed by atoms with Crippen LogP contribution in [0, 0.1) is 0 Å². The minimum atomic E-state index is -0.162. The van der Waals surface area contributed by atoms with Crippen molar-refractivity contribution in [1.82, 2.24) is 5.16 Å². The summed E-state index contributed by atoms with van der Waals surface area (Å²) in [7, 11) is 0. The van der Waals surface area contributed by atoms with Crippen molar-refractivity contribution < 1.29 is 4.52 Å². The Morgan fingerprint density at radius 2 is 2.07 bits per heavy atom. The molecule has 0 unspecified atom stereocenters. The summed E-state index contributed by atoms with van der Waals surface area (Å²) < 4.78 is 5.16. The van der Waals surface area contributed by atoms with Crippen LogP contribution in [0.1, 0.15) is 31.2 Å². The number of benzene rings is 1. The van der Waals surface area contributed by atoms with E-state index in [2.05, 4.69) is 11.2 Å². The second-order valence-electron chi connectivity index (χ2n) is 4.41. The minimum Gasteiger partial charge on any atom is -0.356 e. The van der Waals surface area contributed by atoms with Crippen molar-refractivity contribution in [3.8, 4) is 0 Å². The van der Waals surface area contributed by atoms with E-state index in [9.17, 15) is 0 Å². The minimum absolute atomic E-state index is 0.162. The molecular weight excluding hydrogens is 188 g/mol. The molecule has 78 valence electrons. The lowest BCUT2D eigenvalue weighted by atomic mass is 9.87. The first-order valence-electron chi connectivity index (χ1n) is 5.42. The van der Waals surface area contributed by atoms with E-state index in [4.69, 9.17) is 10.3 Å². The highest BCUT2D eigenvalue weighted by Gasteiger charge is 2.32. The molecule has 1 saturated carbocycles. The third kappa shape index (κ3) is 1.27. The highest BCUT2D eigenvalue weighted by Crippen LogP contribution is 2.39. The Morgan fingerprint density at radius 1 is 1.27 bits per heavy atom. The van der Waals surface area contributed by atoms with Gasteiger partial charge >= 0.3 is 0 Å². The molecule has 3 rings (SSSR count). The third-order valence-electron chi connectivity index (χ3n) is 3.43. The maximum absolute atomic E-state index is 6.44. The van der Waals surface area contributed by atoms with Gasteiger partial charge in [0.25, 0.3) is 0 Å². The SMILES string of the molecule is NC1(c2cccc3oncc23)CCCC1. The zero-order valence-corrected chi connectivity index (χ0v) is 8.57. The van der Waals surface area contributed by atoms with Crippen molar-refractivity contribution >= 4 is 11.0 Å². The van der Waals surface area contributed by atoms with E-state index >= 15 is 0 Å². The van der Waals surface area contributed by atoms with E-state index in [1.807, 2.05) is 12.1 Å². The summed E-state index contributed by atoms with van der Waals surface area (Å²) in [5.74, 6) is 0. The molecule has 2 N–H and O–H groups in total. The molecule has 0 spiro atoms. The molecule has 1 fully saturated rings. The first-order valence-corrected chi connectivity index (χ1v) is 5.42.